The van der Waals surface area contributed by atoms with Crippen molar-refractivity contribution >= 4 is 15.9 Å². The highest BCUT2D eigenvalue weighted by Gasteiger charge is 2.27. The fourth-order valence-electron chi connectivity index (χ4n) is 3.82. The molecule has 1 heterocycles. The van der Waals surface area contributed by atoms with E-state index < -0.39 is 33.6 Å². The van der Waals surface area contributed by atoms with Crippen molar-refractivity contribution in [2.75, 3.05) is 13.3 Å². The molecule has 11 heteroatoms. The number of hydrogen-bond donors (Lipinski definition) is 3. The summed E-state index contributed by atoms with van der Waals surface area (Å²) in [6.45, 7) is 3.69. The molecule has 1 aromatic rings. The van der Waals surface area contributed by atoms with E-state index in [9.17, 15) is 22.7 Å². The van der Waals surface area contributed by atoms with Crippen molar-refractivity contribution < 1.29 is 32.2 Å². The van der Waals surface area contributed by atoms with Gasteiger partial charge in [-0.05, 0) is 64.5 Å². The summed E-state index contributed by atoms with van der Waals surface area (Å²) in [6.07, 6.45) is 4.89. The van der Waals surface area contributed by atoms with Gasteiger partial charge in [0.2, 0.25) is 22.2 Å². The fraction of sp³-hybridized carbons (Fsp3) is 0.591. The molecule has 0 saturated heterocycles. The third-order valence-electron chi connectivity index (χ3n) is 5.53. The van der Waals surface area contributed by atoms with Crippen molar-refractivity contribution in [3.63, 3.8) is 0 Å². The Hall–Kier alpha value is -2.21. The van der Waals surface area contributed by atoms with Gasteiger partial charge >= 0.3 is 0 Å². The van der Waals surface area contributed by atoms with Gasteiger partial charge in [-0.3, -0.25) is 4.79 Å². The van der Waals surface area contributed by atoms with Crippen molar-refractivity contribution in [1.29, 1.82) is 0 Å². The summed E-state index contributed by atoms with van der Waals surface area (Å²) in [4.78, 5) is 12.4. The lowest BCUT2D eigenvalue weighted by atomic mass is 10.0. The van der Waals surface area contributed by atoms with Crippen LogP contribution in [0.15, 0.2) is 41.2 Å². The standard InChI is InChI=1S/C22H32FN3O6S/c1-22(2,11-6-12-31-15-26-14-19(23)20(27)24-21(26)28)25-33(29,30)18-10-5-9-17(13-18)32-16-7-3-4-8-16/h5,9-10,13-14,16,21,25,28H,3-4,6-8,11-12,15H2,1-2H3,(H,24,27). The molecule has 1 saturated carbocycles. The third kappa shape index (κ3) is 7.39. The molecular weight excluding hydrogens is 453 g/mol. The van der Waals surface area contributed by atoms with Crippen LogP contribution in [0.1, 0.15) is 52.4 Å². The maximum atomic E-state index is 13.3. The number of nitrogens with one attached hydrogen (secondary N) is 2. The van der Waals surface area contributed by atoms with Gasteiger partial charge in [0, 0.05) is 24.4 Å². The Labute approximate surface area is 194 Å². The Bertz CT molecular complexity index is 963. The van der Waals surface area contributed by atoms with E-state index in [1.165, 1.54) is 0 Å². The number of nitrogens with zero attached hydrogens (tertiary/aromatic N) is 1. The molecule has 1 fully saturated rings. The number of aliphatic hydroxyl groups is 1. The summed E-state index contributed by atoms with van der Waals surface area (Å²) in [5.41, 5.74) is -0.741. The quantitative estimate of drug-likeness (QED) is 0.412. The van der Waals surface area contributed by atoms with Crippen LogP contribution in [0.25, 0.3) is 0 Å². The zero-order valence-electron chi connectivity index (χ0n) is 18.9. The molecule has 3 rings (SSSR count). The highest BCUT2D eigenvalue weighted by molar-refractivity contribution is 7.89. The highest BCUT2D eigenvalue weighted by atomic mass is 32.2. The monoisotopic (exact) mass is 485 g/mol. The van der Waals surface area contributed by atoms with E-state index in [2.05, 4.69) is 4.72 Å². The van der Waals surface area contributed by atoms with Gasteiger partial charge < -0.3 is 24.8 Å². The van der Waals surface area contributed by atoms with Gasteiger partial charge in [0.05, 0.1) is 11.0 Å². The minimum Gasteiger partial charge on any atom is -0.490 e. The van der Waals surface area contributed by atoms with Crippen LogP contribution in [-0.4, -0.2) is 55.7 Å². The van der Waals surface area contributed by atoms with Crippen LogP contribution in [0.5, 0.6) is 5.75 Å². The van der Waals surface area contributed by atoms with E-state index in [1.807, 2.05) is 5.32 Å². The molecule has 0 radical (unpaired) electrons. The molecule has 1 atom stereocenters. The molecule has 1 amide bonds. The summed E-state index contributed by atoms with van der Waals surface area (Å²) in [5.74, 6) is -1.45. The smallest absolute Gasteiger partial charge is 0.284 e. The number of sulfonamides is 1. The largest absolute Gasteiger partial charge is 0.490 e. The lowest BCUT2D eigenvalue weighted by Gasteiger charge is -2.30. The molecule has 2 aliphatic rings. The summed E-state index contributed by atoms with van der Waals surface area (Å²) >= 11 is 0. The molecule has 0 aromatic heterocycles. The predicted octanol–water partition coefficient (Wildman–Crippen LogP) is 2.34. The second-order valence-electron chi connectivity index (χ2n) is 8.97. The molecule has 33 heavy (non-hydrogen) atoms. The molecular formula is C22H32FN3O6S. The van der Waals surface area contributed by atoms with Crippen molar-refractivity contribution in [2.45, 2.75) is 75.3 Å². The van der Waals surface area contributed by atoms with Gasteiger partial charge in [0.15, 0.2) is 0 Å². The van der Waals surface area contributed by atoms with E-state index >= 15 is 0 Å². The first kappa shape index (κ1) is 25.4. The Kier molecular flexibility index (Phi) is 8.33. The average molecular weight is 486 g/mol. The third-order valence-corrected chi connectivity index (χ3v) is 7.23. The summed E-state index contributed by atoms with van der Waals surface area (Å²) < 4.78 is 53.2. The van der Waals surface area contributed by atoms with Crippen LogP contribution in [0.4, 0.5) is 4.39 Å². The Morgan fingerprint density at radius 1 is 1.30 bits per heavy atom. The second kappa shape index (κ2) is 10.8. The maximum Gasteiger partial charge on any atom is 0.284 e. The van der Waals surface area contributed by atoms with Crippen LogP contribution < -0.4 is 14.8 Å². The van der Waals surface area contributed by atoms with E-state index in [0.717, 1.165) is 36.8 Å². The normalized spacial score (nSPS) is 20.0. The number of carbonyl (C=O) groups excluding carboxylic acids is 1. The fourth-order valence-corrected chi connectivity index (χ4v) is 5.30. The van der Waals surface area contributed by atoms with Gasteiger partial charge in [0.1, 0.15) is 12.5 Å². The SMILES string of the molecule is CC(C)(CCCOCN1C=C(F)C(=O)NC1O)NS(=O)(=O)c1cccc(OC2CCCC2)c1. The van der Waals surface area contributed by atoms with Crippen LogP contribution in [-0.2, 0) is 19.6 Å². The Morgan fingerprint density at radius 3 is 2.76 bits per heavy atom. The van der Waals surface area contributed by atoms with Gasteiger partial charge in [0.25, 0.3) is 5.91 Å². The molecule has 1 aromatic carbocycles. The molecule has 3 N–H and O–H groups in total. The molecule has 1 aliphatic heterocycles. The van der Waals surface area contributed by atoms with Gasteiger partial charge in [-0.1, -0.05) is 6.07 Å². The summed E-state index contributed by atoms with van der Waals surface area (Å²) in [6, 6.07) is 6.54. The van der Waals surface area contributed by atoms with Gasteiger partial charge in [-0.2, -0.15) is 4.39 Å². The van der Waals surface area contributed by atoms with Crippen molar-refractivity contribution in [2.24, 2.45) is 0 Å². The second-order valence-corrected chi connectivity index (χ2v) is 10.7. The maximum absolute atomic E-state index is 13.3. The Morgan fingerprint density at radius 2 is 2.03 bits per heavy atom. The molecule has 184 valence electrons. The van der Waals surface area contributed by atoms with Crippen molar-refractivity contribution in [1.82, 2.24) is 14.9 Å². The van der Waals surface area contributed by atoms with Crippen LogP contribution in [0.2, 0.25) is 0 Å². The summed E-state index contributed by atoms with van der Waals surface area (Å²) in [5, 5.41) is 11.7. The van der Waals surface area contributed by atoms with Crippen molar-refractivity contribution in [3.05, 3.63) is 36.3 Å². The number of halogens is 1. The number of carbonyl (C=O) groups is 1. The first-order valence-corrected chi connectivity index (χ1v) is 12.5. The lowest BCUT2D eigenvalue weighted by molar-refractivity contribution is -0.132. The summed E-state index contributed by atoms with van der Waals surface area (Å²) in [7, 11) is -3.75. The van der Waals surface area contributed by atoms with Crippen molar-refractivity contribution in [3.8, 4) is 5.75 Å². The number of amides is 1. The van der Waals surface area contributed by atoms with Gasteiger partial charge in [-0.15, -0.1) is 0 Å². The number of rotatable bonds is 11. The average Bonchev–Trinajstić information content (AvgIpc) is 3.24. The number of aliphatic hydroxyl groups excluding tert-OH is 1. The minimum atomic E-state index is -3.75. The molecule has 1 unspecified atom stereocenters. The number of benzene rings is 1. The van der Waals surface area contributed by atoms with Crippen LogP contribution in [0.3, 0.4) is 0 Å². The van der Waals surface area contributed by atoms with Crippen LogP contribution in [0, 0.1) is 0 Å². The van der Waals surface area contributed by atoms with E-state index in [1.54, 1.807) is 38.1 Å². The van der Waals surface area contributed by atoms with Crippen LogP contribution >= 0.6 is 0 Å². The molecule has 9 nitrogen and oxygen atoms in total. The Balaban J connectivity index is 1.46. The lowest BCUT2D eigenvalue weighted by Crippen LogP contribution is -2.50. The number of hydrogen-bond acceptors (Lipinski definition) is 7. The van der Waals surface area contributed by atoms with E-state index in [0.29, 0.717) is 18.6 Å². The van der Waals surface area contributed by atoms with E-state index in [-0.39, 0.29) is 24.3 Å². The topological polar surface area (TPSA) is 117 Å². The first-order valence-electron chi connectivity index (χ1n) is 11.1. The number of ether oxygens (including phenoxy) is 2. The zero-order valence-corrected chi connectivity index (χ0v) is 19.7. The zero-order chi connectivity index (χ0) is 24.1. The predicted molar refractivity (Wildman–Crippen MR) is 119 cm³/mol. The van der Waals surface area contributed by atoms with Gasteiger partial charge in [-0.25, -0.2) is 13.1 Å². The molecule has 1 aliphatic carbocycles. The van der Waals surface area contributed by atoms with E-state index in [4.69, 9.17) is 9.47 Å². The minimum absolute atomic E-state index is 0.130. The first-order chi connectivity index (χ1) is 15.6. The molecule has 0 spiro atoms. The highest BCUT2D eigenvalue weighted by Crippen LogP contribution is 2.26. The molecule has 0 bridgehead atoms.